The molecular weight excluding hydrogens is 185 g/mol. The van der Waals surface area contributed by atoms with E-state index in [1.165, 1.54) is 0 Å². The first kappa shape index (κ1) is 10.6. The van der Waals surface area contributed by atoms with Gasteiger partial charge in [0.1, 0.15) is 0 Å². The number of rotatable bonds is 4. The Balaban J connectivity index is 2.93. The van der Waals surface area contributed by atoms with Gasteiger partial charge in [0.25, 0.3) is 0 Å². The van der Waals surface area contributed by atoms with Crippen molar-refractivity contribution in [3.63, 3.8) is 0 Å². The Morgan fingerprint density at radius 1 is 1.64 bits per heavy atom. The van der Waals surface area contributed by atoms with E-state index in [1.54, 1.807) is 11.9 Å². The van der Waals surface area contributed by atoms with Crippen molar-refractivity contribution >= 4 is 11.8 Å². The maximum Gasteiger partial charge on any atom is 0.239 e. The van der Waals surface area contributed by atoms with Gasteiger partial charge in [0.15, 0.2) is 11.6 Å². The number of nitrogens with two attached hydrogens (primary N) is 1. The first-order chi connectivity index (χ1) is 6.69. The van der Waals surface area contributed by atoms with Crippen molar-refractivity contribution in [1.82, 2.24) is 9.97 Å². The quantitative estimate of drug-likeness (QED) is 0.553. The number of hydrazine groups is 1. The Kier molecular flexibility index (Phi) is 3.58. The van der Waals surface area contributed by atoms with E-state index in [1.807, 2.05) is 6.92 Å². The molecule has 0 spiro atoms. The van der Waals surface area contributed by atoms with E-state index in [-0.39, 0.29) is 11.8 Å². The van der Waals surface area contributed by atoms with Crippen LogP contribution in [0.2, 0.25) is 0 Å². The molecular formula is C8H14FN5. The highest BCUT2D eigenvalue weighted by molar-refractivity contribution is 5.42. The molecule has 0 amide bonds. The topological polar surface area (TPSA) is 67.1 Å². The van der Waals surface area contributed by atoms with Gasteiger partial charge in [-0.1, -0.05) is 6.92 Å². The van der Waals surface area contributed by atoms with Crippen molar-refractivity contribution in [3.8, 4) is 0 Å². The SMILES string of the molecule is CCCN(C)c1nc(NN)ncc1F. The van der Waals surface area contributed by atoms with E-state index < -0.39 is 5.82 Å². The summed E-state index contributed by atoms with van der Waals surface area (Å²) in [6, 6.07) is 0. The smallest absolute Gasteiger partial charge is 0.239 e. The van der Waals surface area contributed by atoms with Crippen LogP contribution in [0.4, 0.5) is 16.2 Å². The average Bonchev–Trinajstić information content (AvgIpc) is 2.19. The zero-order valence-electron chi connectivity index (χ0n) is 8.29. The molecule has 0 unspecified atom stereocenters. The van der Waals surface area contributed by atoms with Gasteiger partial charge < -0.3 is 4.90 Å². The lowest BCUT2D eigenvalue weighted by Crippen LogP contribution is -2.22. The molecule has 0 aliphatic rings. The van der Waals surface area contributed by atoms with Gasteiger partial charge in [0.05, 0.1) is 6.20 Å². The molecule has 0 saturated carbocycles. The molecule has 1 rings (SSSR count). The van der Waals surface area contributed by atoms with E-state index in [0.717, 1.165) is 19.2 Å². The minimum Gasteiger partial charge on any atom is -0.357 e. The molecule has 0 atom stereocenters. The molecule has 0 radical (unpaired) electrons. The molecule has 0 aromatic carbocycles. The van der Waals surface area contributed by atoms with Crippen molar-refractivity contribution in [3.05, 3.63) is 12.0 Å². The normalized spacial score (nSPS) is 10.0. The lowest BCUT2D eigenvalue weighted by Gasteiger charge is -2.17. The van der Waals surface area contributed by atoms with Gasteiger partial charge in [-0.25, -0.2) is 15.2 Å². The van der Waals surface area contributed by atoms with Gasteiger partial charge >= 0.3 is 0 Å². The predicted molar refractivity (Wildman–Crippen MR) is 53.4 cm³/mol. The van der Waals surface area contributed by atoms with Crippen molar-refractivity contribution in [2.45, 2.75) is 13.3 Å². The average molecular weight is 199 g/mol. The van der Waals surface area contributed by atoms with Crippen LogP contribution in [0.3, 0.4) is 0 Å². The second-order valence-corrected chi connectivity index (χ2v) is 2.93. The molecule has 0 aliphatic carbocycles. The van der Waals surface area contributed by atoms with Crippen LogP contribution in [0.5, 0.6) is 0 Å². The molecule has 14 heavy (non-hydrogen) atoms. The summed E-state index contributed by atoms with van der Waals surface area (Å²) >= 11 is 0. The third kappa shape index (κ3) is 2.29. The van der Waals surface area contributed by atoms with Crippen LogP contribution < -0.4 is 16.2 Å². The van der Waals surface area contributed by atoms with E-state index in [9.17, 15) is 4.39 Å². The Morgan fingerprint density at radius 2 is 2.36 bits per heavy atom. The number of anilines is 2. The summed E-state index contributed by atoms with van der Waals surface area (Å²) in [6.07, 6.45) is 2.02. The maximum atomic E-state index is 13.2. The molecule has 0 aliphatic heterocycles. The molecule has 0 bridgehead atoms. The Bertz CT molecular complexity index is 304. The standard InChI is InChI=1S/C8H14FN5/c1-3-4-14(2)7-6(9)5-11-8(12-7)13-10/h5H,3-4,10H2,1-2H3,(H,11,12,13). The monoisotopic (exact) mass is 199 g/mol. The van der Waals surface area contributed by atoms with Crippen LogP contribution in [-0.2, 0) is 0 Å². The van der Waals surface area contributed by atoms with Gasteiger partial charge in [0.2, 0.25) is 5.95 Å². The predicted octanol–water partition coefficient (Wildman–Crippen LogP) is 0.748. The highest BCUT2D eigenvalue weighted by atomic mass is 19.1. The summed E-state index contributed by atoms with van der Waals surface area (Å²) in [4.78, 5) is 9.28. The van der Waals surface area contributed by atoms with Gasteiger partial charge in [-0.05, 0) is 6.42 Å². The van der Waals surface area contributed by atoms with E-state index in [0.29, 0.717) is 0 Å². The number of nitrogens with zero attached hydrogens (tertiary/aromatic N) is 3. The van der Waals surface area contributed by atoms with Gasteiger partial charge in [-0.15, -0.1) is 0 Å². The summed E-state index contributed by atoms with van der Waals surface area (Å²) in [7, 11) is 1.77. The number of nitrogens with one attached hydrogen (secondary N) is 1. The van der Waals surface area contributed by atoms with E-state index in [4.69, 9.17) is 5.84 Å². The molecule has 0 fully saturated rings. The number of nitrogen functional groups attached to an aromatic ring is 1. The molecule has 5 nitrogen and oxygen atoms in total. The highest BCUT2D eigenvalue weighted by Gasteiger charge is 2.10. The lowest BCUT2D eigenvalue weighted by atomic mass is 10.4. The van der Waals surface area contributed by atoms with Crippen LogP contribution in [-0.4, -0.2) is 23.6 Å². The highest BCUT2D eigenvalue weighted by Crippen LogP contribution is 2.15. The minimum absolute atomic E-state index is 0.212. The number of halogens is 1. The fourth-order valence-electron chi connectivity index (χ4n) is 1.14. The largest absolute Gasteiger partial charge is 0.357 e. The fraction of sp³-hybridized carbons (Fsp3) is 0.500. The van der Waals surface area contributed by atoms with Crippen LogP contribution in [0, 0.1) is 5.82 Å². The molecule has 6 heteroatoms. The molecule has 1 heterocycles. The first-order valence-electron chi connectivity index (χ1n) is 4.39. The Labute approximate surface area is 82.1 Å². The van der Waals surface area contributed by atoms with Crippen molar-refractivity contribution in [2.24, 2.45) is 5.84 Å². The summed E-state index contributed by atoms with van der Waals surface area (Å²) in [5.74, 6) is 5.15. The number of hydrogen-bond donors (Lipinski definition) is 2. The molecule has 1 aromatic heterocycles. The van der Waals surface area contributed by atoms with Crippen LogP contribution in [0.25, 0.3) is 0 Å². The molecule has 0 saturated heterocycles. The second kappa shape index (κ2) is 4.71. The zero-order valence-corrected chi connectivity index (χ0v) is 8.29. The lowest BCUT2D eigenvalue weighted by molar-refractivity contribution is 0.607. The molecule has 1 aromatic rings. The Morgan fingerprint density at radius 3 is 2.93 bits per heavy atom. The first-order valence-corrected chi connectivity index (χ1v) is 4.39. The number of hydrogen-bond acceptors (Lipinski definition) is 5. The summed E-state index contributed by atoms with van der Waals surface area (Å²) in [5.41, 5.74) is 2.28. The third-order valence-electron chi connectivity index (χ3n) is 1.78. The summed E-state index contributed by atoms with van der Waals surface area (Å²) in [6.45, 7) is 2.75. The van der Waals surface area contributed by atoms with Crippen molar-refractivity contribution in [1.29, 1.82) is 0 Å². The van der Waals surface area contributed by atoms with Gasteiger partial charge in [0, 0.05) is 13.6 Å². The minimum atomic E-state index is -0.444. The van der Waals surface area contributed by atoms with Gasteiger partial charge in [-0.3, -0.25) is 5.43 Å². The Hall–Kier alpha value is -1.43. The van der Waals surface area contributed by atoms with E-state index >= 15 is 0 Å². The molecule has 78 valence electrons. The second-order valence-electron chi connectivity index (χ2n) is 2.93. The number of aromatic nitrogens is 2. The fourth-order valence-corrected chi connectivity index (χ4v) is 1.14. The van der Waals surface area contributed by atoms with Gasteiger partial charge in [-0.2, -0.15) is 4.98 Å². The van der Waals surface area contributed by atoms with Crippen LogP contribution in [0.1, 0.15) is 13.3 Å². The van der Waals surface area contributed by atoms with Crippen molar-refractivity contribution < 1.29 is 4.39 Å². The summed E-state index contributed by atoms with van der Waals surface area (Å²) in [5, 5.41) is 0. The maximum absolute atomic E-state index is 13.2. The van der Waals surface area contributed by atoms with Crippen LogP contribution >= 0.6 is 0 Å². The molecule has 3 N–H and O–H groups in total. The third-order valence-corrected chi connectivity index (χ3v) is 1.78. The van der Waals surface area contributed by atoms with E-state index in [2.05, 4.69) is 15.4 Å². The van der Waals surface area contributed by atoms with Crippen molar-refractivity contribution in [2.75, 3.05) is 23.9 Å². The summed E-state index contributed by atoms with van der Waals surface area (Å²) < 4.78 is 13.2. The zero-order chi connectivity index (χ0) is 10.6. The van der Waals surface area contributed by atoms with Crippen LogP contribution in [0.15, 0.2) is 6.20 Å².